The van der Waals surface area contributed by atoms with Gasteiger partial charge in [-0.25, -0.2) is 4.98 Å². The van der Waals surface area contributed by atoms with Crippen LogP contribution < -0.4 is 5.73 Å². The van der Waals surface area contributed by atoms with E-state index >= 15 is 0 Å². The van der Waals surface area contributed by atoms with Gasteiger partial charge in [-0.2, -0.15) is 0 Å². The standard InChI is InChI=1S/C10H16N2OS2/c1-6-5-14-10(12-6)15-8(4-13)9(11)7-2-3-7/h5,7-9,13H,2-4,11H2,1H3. The monoisotopic (exact) mass is 244 g/mol. The van der Waals surface area contributed by atoms with Gasteiger partial charge in [0.05, 0.1) is 11.9 Å². The van der Waals surface area contributed by atoms with Crippen LogP contribution in [0.1, 0.15) is 18.5 Å². The quantitative estimate of drug-likeness (QED) is 0.773. The molecular weight excluding hydrogens is 228 g/mol. The molecule has 0 saturated heterocycles. The van der Waals surface area contributed by atoms with E-state index in [4.69, 9.17) is 5.73 Å². The zero-order valence-electron chi connectivity index (χ0n) is 8.72. The number of aliphatic hydroxyl groups is 1. The third-order valence-corrected chi connectivity index (χ3v) is 5.01. The minimum absolute atomic E-state index is 0.100. The lowest BCUT2D eigenvalue weighted by molar-refractivity contribution is 0.277. The second kappa shape index (κ2) is 4.82. The molecule has 0 radical (unpaired) electrons. The number of rotatable bonds is 5. The highest BCUT2D eigenvalue weighted by Gasteiger charge is 2.34. The summed E-state index contributed by atoms with van der Waals surface area (Å²) >= 11 is 3.25. The van der Waals surface area contributed by atoms with E-state index in [-0.39, 0.29) is 17.9 Å². The molecule has 0 amide bonds. The molecular formula is C10H16N2OS2. The van der Waals surface area contributed by atoms with E-state index in [1.165, 1.54) is 12.8 Å². The van der Waals surface area contributed by atoms with E-state index < -0.39 is 0 Å². The molecule has 3 N–H and O–H groups in total. The molecule has 0 spiro atoms. The van der Waals surface area contributed by atoms with Crippen LogP contribution >= 0.6 is 23.1 Å². The lowest BCUT2D eigenvalue weighted by atomic mass is 10.1. The third kappa shape index (κ3) is 2.93. The number of hydrogen-bond acceptors (Lipinski definition) is 5. The van der Waals surface area contributed by atoms with Crippen LogP contribution in [0.2, 0.25) is 0 Å². The van der Waals surface area contributed by atoms with Gasteiger partial charge in [-0.3, -0.25) is 0 Å². The number of thioether (sulfide) groups is 1. The summed E-state index contributed by atoms with van der Waals surface area (Å²) in [5.74, 6) is 0.621. The second-order valence-electron chi connectivity index (χ2n) is 4.01. The van der Waals surface area contributed by atoms with Crippen LogP contribution in [0.15, 0.2) is 9.72 Å². The number of nitrogens with zero attached hydrogens (tertiary/aromatic N) is 1. The van der Waals surface area contributed by atoms with Gasteiger partial charge in [-0.1, -0.05) is 11.8 Å². The topological polar surface area (TPSA) is 59.1 Å². The number of hydrogen-bond donors (Lipinski definition) is 2. The molecule has 5 heteroatoms. The summed E-state index contributed by atoms with van der Waals surface area (Å²) < 4.78 is 1.02. The molecule has 84 valence electrons. The zero-order chi connectivity index (χ0) is 10.8. The highest BCUT2D eigenvalue weighted by atomic mass is 32.2. The van der Waals surface area contributed by atoms with Crippen LogP contribution in [0.5, 0.6) is 0 Å². The molecule has 0 bridgehead atoms. The molecule has 3 nitrogen and oxygen atoms in total. The maximum absolute atomic E-state index is 9.32. The predicted octanol–water partition coefficient (Wildman–Crippen LogP) is 1.64. The minimum atomic E-state index is 0.100. The number of aryl methyl sites for hydroxylation is 1. The molecule has 2 rings (SSSR count). The average Bonchev–Trinajstić information content (AvgIpc) is 2.99. The summed E-state index contributed by atoms with van der Waals surface area (Å²) in [6, 6.07) is 0.115. The van der Waals surface area contributed by atoms with Gasteiger partial charge in [0.25, 0.3) is 0 Å². The van der Waals surface area contributed by atoms with Gasteiger partial charge in [0.2, 0.25) is 0 Å². The molecule has 2 unspecified atom stereocenters. The maximum atomic E-state index is 9.32. The predicted molar refractivity (Wildman–Crippen MR) is 64.3 cm³/mol. The van der Waals surface area contributed by atoms with E-state index in [9.17, 15) is 5.11 Å². The van der Waals surface area contributed by atoms with Crippen molar-refractivity contribution in [3.8, 4) is 0 Å². The summed E-state index contributed by atoms with van der Waals surface area (Å²) in [6.07, 6.45) is 2.43. The Kier molecular flexibility index (Phi) is 3.66. The van der Waals surface area contributed by atoms with Crippen molar-refractivity contribution < 1.29 is 5.11 Å². The van der Waals surface area contributed by atoms with Crippen LogP contribution in [0.3, 0.4) is 0 Å². The van der Waals surface area contributed by atoms with Gasteiger partial charge in [0.1, 0.15) is 0 Å². The summed E-state index contributed by atoms with van der Waals surface area (Å²) in [5, 5.41) is 11.4. The zero-order valence-corrected chi connectivity index (χ0v) is 10.4. The van der Waals surface area contributed by atoms with Crippen molar-refractivity contribution in [3.63, 3.8) is 0 Å². The largest absolute Gasteiger partial charge is 0.395 e. The smallest absolute Gasteiger partial charge is 0.150 e. The number of thiazole rings is 1. The molecule has 2 atom stereocenters. The lowest BCUT2D eigenvalue weighted by Crippen LogP contribution is -2.36. The Labute approximate surface area is 98.1 Å². The van der Waals surface area contributed by atoms with Crippen LogP contribution in [-0.4, -0.2) is 28.0 Å². The molecule has 1 saturated carbocycles. The van der Waals surface area contributed by atoms with Gasteiger partial charge >= 0.3 is 0 Å². The van der Waals surface area contributed by atoms with Crippen molar-refractivity contribution in [1.82, 2.24) is 4.98 Å². The molecule has 15 heavy (non-hydrogen) atoms. The van der Waals surface area contributed by atoms with Crippen LogP contribution in [0.25, 0.3) is 0 Å². The molecule has 1 aromatic heterocycles. The maximum Gasteiger partial charge on any atom is 0.150 e. The summed E-state index contributed by atoms with van der Waals surface area (Å²) in [6.45, 7) is 2.12. The Balaban J connectivity index is 1.95. The second-order valence-corrected chi connectivity index (χ2v) is 6.35. The van der Waals surface area contributed by atoms with Crippen molar-refractivity contribution in [2.45, 2.75) is 35.4 Å². The first kappa shape index (κ1) is 11.4. The summed E-state index contributed by atoms with van der Waals surface area (Å²) in [5.41, 5.74) is 7.13. The Morgan fingerprint density at radius 2 is 2.47 bits per heavy atom. The van der Waals surface area contributed by atoms with E-state index in [0.29, 0.717) is 5.92 Å². The molecule has 1 heterocycles. The first-order chi connectivity index (χ1) is 7.20. The third-order valence-electron chi connectivity index (χ3n) is 2.63. The summed E-state index contributed by atoms with van der Waals surface area (Å²) in [4.78, 5) is 4.38. The average molecular weight is 244 g/mol. The van der Waals surface area contributed by atoms with Crippen molar-refractivity contribution in [3.05, 3.63) is 11.1 Å². The Morgan fingerprint density at radius 3 is 2.93 bits per heavy atom. The van der Waals surface area contributed by atoms with Crippen LogP contribution in [0, 0.1) is 12.8 Å². The molecule has 1 aromatic rings. The highest BCUT2D eigenvalue weighted by Crippen LogP contribution is 2.38. The first-order valence-corrected chi connectivity index (χ1v) is 6.92. The van der Waals surface area contributed by atoms with Gasteiger partial charge in [-0.05, 0) is 25.7 Å². The fraction of sp³-hybridized carbons (Fsp3) is 0.700. The van der Waals surface area contributed by atoms with Gasteiger partial charge in [0.15, 0.2) is 4.34 Å². The fourth-order valence-corrected chi connectivity index (χ4v) is 3.71. The van der Waals surface area contributed by atoms with E-state index in [2.05, 4.69) is 4.98 Å². The number of nitrogens with two attached hydrogens (primary N) is 1. The SMILES string of the molecule is Cc1csc(SC(CO)C(N)C2CC2)n1. The van der Waals surface area contributed by atoms with Crippen molar-refractivity contribution in [2.24, 2.45) is 11.7 Å². The van der Waals surface area contributed by atoms with Crippen molar-refractivity contribution in [1.29, 1.82) is 0 Å². The van der Waals surface area contributed by atoms with Gasteiger partial charge < -0.3 is 10.8 Å². The minimum Gasteiger partial charge on any atom is -0.395 e. The molecule has 1 aliphatic carbocycles. The van der Waals surface area contributed by atoms with Crippen molar-refractivity contribution >= 4 is 23.1 Å². The van der Waals surface area contributed by atoms with Crippen LogP contribution in [0.4, 0.5) is 0 Å². The normalized spacial score (nSPS) is 20.2. The number of aromatic nitrogens is 1. The molecule has 1 aliphatic rings. The Hall–Kier alpha value is -0.100. The van der Waals surface area contributed by atoms with Crippen LogP contribution in [-0.2, 0) is 0 Å². The summed E-state index contributed by atoms with van der Waals surface area (Å²) in [7, 11) is 0. The van der Waals surface area contributed by atoms with E-state index in [1.54, 1.807) is 23.1 Å². The van der Waals surface area contributed by atoms with E-state index in [1.807, 2.05) is 12.3 Å². The van der Waals surface area contributed by atoms with Gasteiger partial charge in [-0.15, -0.1) is 11.3 Å². The first-order valence-electron chi connectivity index (χ1n) is 5.16. The fourth-order valence-electron chi connectivity index (χ4n) is 1.54. The lowest BCUT2D eigenvalue weighted by Gasteiger charge is -2.19. The van der Waals surface area contributed by atoms with E-state index in [0.717, 1.165) is 10.0 Å². The molecule has 0 aromatic carbocycles. The Bertz CT molecular complexity index is 325. The highest BCUT2D eigenvalue weighted by molar-refractivity contribution is 8.01. The molecule has 0 aliphatic heterocycles. The van der Waals surface area contributed by atoms with Crippen molar-refractivity contribution in [2.75, 3.05) is 6.61 Å². The number of aliphatic hydroxyl groups excluding tert-OH is 1. The Morgan fingerprint density at radius 1 is 1.73 bits per heavy atom. The van der Waals surface area contributed by atoms with Gasteiger partial charge in [0, 0.05) is 17.1 Å². The molecule has 1 fully saturated rings.